The van der Waals surface area contributed by atoms with Crippen molar-refractivity contribution in [2.75, 3.05) is 14.1 Å². The molecule has 4 heteroatoms. The Labute approximate surface area is 154 Å². The van der Waals surface area contributed by atoms with Gasteiger partial charge >= 0.3 is 0 Å². The van der Waals surface area contributed by atoms with Crippen LogP contribution in [0.3, 0.4) is 0 Å². The zero-order valence-corrected chi connectivity index (χ0v) is 15.9. The minimum atomic E-state index is 0.449. The first kappa shape index (κ1) is 17.6. The molecule has 0 amide bonds. The van der Waals surface area contributed by atoms with Crippen LogP contribution in [0.25, 0.3) is 0 Å². The van der Waals surface area contributed by atoms with E-state index in [2.05, 4.69) is 44.1 Å². The molecule has 2 aromatic rings. The zero-order valence-electron chi connectivity index (χ0n) is 14.4. The summed E-state index contributed by atoms with van der Waals surface area (Å²) < 4.78 is 5.95. The summed E-state index contributed by atoms with van der Waals surface area (Å²) in [4.78, 5) is 2.33. The second kappa shape index (κ2) is 7.35. The number of halogens is 2. The first-order valence-corrected chi connectivity index (χ1v) is 9.07. The molecule has 2 aromatic carbocycles. The average molecular weight is 364 g/mol. The molecule has 0 radical (unpaired) electrons. The first-order valence-electron chi connectivity index (χ1n) is 8.31. The molecule has 1 aliphatic rings. The molecule has 128 valence electrons. The van der Waals surface area contributed by atoms with E-state index in [1.807, 2.05) is 12.1 Å². The molecule has 3 rings (SSSR count). The van der Waals surface area contributed by atoms with Crippen molar-refractivity contribution in [3.8, 4) is 5.75 Å². The number of aryl methyl sites for hydroxylation is 1. The Kier molecular flexibility index (Phi) is 5.39. The van der Waals surface area contributed by atoms with Crippen LogP contribution in [0, 0.1) is 0 Å². The van der Waals surface area contributed by atoms with E-state index in [0.29, 0.717) is 28.6 Å². The highest BCUT2D eigenvalue weighted by Gasteiger charge is 2.27. The summed E-state index contributed by atoms with van der Waals surface area (Å²) in [6.07, 6.45) is 2.29. The molecule has 0 fully saturated rings. The highest BCUT2D eigenvalue weighted by atomic mass is 35.5. The van der Waals surface area contributed by atoms with Crippen LogP contribution < -0.4 is 4.74 Å². The maximum Gasteiger partial charge on any atom is 0.120 e. The van der Waals surface area contributed by atoms with Crippen molar-refractivity contribution in [3.05, 3.63) is 63.1 Å². The lowest BCUT2D eigenvalue weighted by Crippen LogP contribution is -2.36. The number of hydrogen-bond acceptors (Lipinski definition) is 2. The number of nitrogens with zero attached hydrogens (tertiary/aromatic N) is 1. The fourth-order valence-corrected chi connectivity index (χ4v) is 4.06. The van der Waals surface area contributed by atoms with Gasteiger partial charge in [0.1, 0.15) is 12.4 Å². The molecule has 0 N–H and O–H groups in total. The van der Waals surface area contributed by atoms with Crippen LogP contribution in [-0.4, -0.2) is 25.0 Å². The van der Waals surface area contributed by atoms with Gasteiger partial charge in [0.25, 0.3) is 0 Å². The third kappa shape index (κ3) is 3.72. The lowest BCUT2D eigenvalue weighted by atomic mass is 9.80. The van der Waals surface area contributed by atoms with Crippen LogP contribution in [0.5, 0.6) is 5.75 Å². The Hall–Kier alpha value is -1.22. The molecule has 2 unspecified atom stereocenters. The van der Waals surface area contributed by atoms with Crippen LogP contribution in [0.1, 0.15) is 36.0 Å². The van der Waals surface area contributed by atoms with E-state index in [0.717, 1.165) is 17.7 Å². The Bertz CT molecular complexity index is 730. The summed E-state index contributed by atoms with van der Waals surface area (Å²) in [7, 11) is 4.33. The highest BCUT2D eigenvalue weighted by Crippen LogP contribution is 2.35. The molecular formula is C20H23Cl2NO. The standard InChI is InChI=1S/C20H23Cl2NO/c1-13-18-8-7-17(10-14(18)5-9-20(13)23(2)3)24-12-15-4-6-16(21)11-19(15)22/h4,6-8,10-11,13,20H,5,9,12H2,1-3H3. The van der Waals surface area contributed by atoms with Crippen LogP contribution in [0.4, 0.5) is 0 Å². The normalized spacial score (nSPS) is 20.1. The van der Waals surface area contributed by atoms with Crippen LogP contribution >= 0.6 is 23.2 Å². The van der Waals surface area contributed by atoms with E-state index < -0.39 is 0 Å². The summed E-state index contributed by atoms with van der Waals surface area (Å²) >= 11 is 12.1. The van der Waals surface area contributed by atoms with E-state index in [-0.39, 0.29) is 0 Å². The van der Waals surface area contributed by atoms with E-state index >= 15 is 0 Å². The predicted molar refractivity (Wildman–Crippen MR) is 101 cm³/mol. The Morgan fingerprint density at radius 1 is 1.12 bits per heavy atom. The fraction of sp³-hybridized carbons (Fsp3) is 0.400. The summed E-state index contributed by atoms with van der Waals surface area (Å²) in [6, 6.07) is 12.6. The smallest absolute Gasteiger partial charge is 0.120 e. The molecule has 0 aliphatic heterocycles. The lowest BCUT2D eigenvalue weighted by Gasteiger charge is -2.35. The van der Waals surface area contributed by atoms with E-state index in [4.69, 9.17) is 27.9 Å². The average Bonchev–Trinajstić information content (AvgIpc) is 2.54. The van der Waals surface area contributed by atoms with Crippen molar-refractivity contribution in [2.45, 2.75) is 38.3 Å². The summed E-state index contributed by atoms with van der Waals surface area (Å²) in [6.45, 7) is 2.77. The van der Waals surface area contributed by atoms with Crippen molar-refractivity contribution in [2.24, 2.45) is 0 Å². The number of likely N-dealkylation sites (N-methyl/N-ethyl adjacent to an activating group) is 1. The lowest BCUT2D eigenvalue weighted by molar-refractivity contribution is 0.236. The maximum absolute atomic E-state index is 6.21. The SMILES string of the molecule is CC1c2ccc(OCc3ccc(Cl)cc3Cl)cc2CCC1N(C)C. The van der Waals surface area contributed by atoms with Gasteiger partial charge in [-0.2, -0.15) is 0 Å². The van der Waals surface area contributed by atoms with Crippen LogP contribution in [-0.2, 0) is 13.0 Å². The minimum absolute atomic E-state index is 0.449. The first-order chi connectivity index (χ1) is 11.5. The van der Waals surface area contributed by atoms with Crippen LogP contribution in [0.15, 0.2) is 36.4 Å². The number of hydrogen-bond donors (Lipinski definition) is 0. The summed E-state index contributed by atoms with van der Waals surface area (Å²) in [5.41, 5.74) is 3.79. The topological polar surface area (TPSA) is 12.5 Å². The van der Waals surface area contributed by atoms with E-state index in [9.17, 15) is 0 Å². The maximum atomic E-state index is 6.21. The van der Waals surface area contributed by atoms with Gasteiger partial charge in [0.15, 0.2) is 0 Å². The van der Waals surface area contributed by atoms with Gasteiger partial charge in [-0.05, 0) is 68.2 Å². The monoisotopic (exact) mass is 363 g/mol. The predicted octanol–water partition coefficient (Wildman–Crippen LogP) is 5.55. The van der Waals surface area contributed by atoms with Crippen molar-refractivity contribution >= 4 is 23.2 Å². The van der Waals surface area contributed by atoms with E-state index in [1.165, 1.54) is 17.5 Å². The number of benzene rings is 2. The molecule has 24 heavy (non-hydrogen) atoms. The Morgan fingerprint density at radius 3 is 2.62 bits per heavy atom. The van der Waals surface area contributed by atoms with Crippen molar-refractivity contribution in [3.63, 3.8) is 0 Å². The van der Waals surface area contributed by atoms with E-state index in [1.54, 1.807) is 6.07 Å². The second-order valence-corrected chi connectivity index (χ2v) is 7.59. The van der Waals surface area contributed by atoms with Gasteiger partial charge in [-0.25, -0.2) is 0 Å². The molecule has 2 nitrogen and oxygen atoms in total. The van der Waals surface area contributed by atoms with Crippen molar-refractivity contribution in [1.29, 1.82) is 0 Å². The molecule has 0 spiro atoms. The van der Waals surface area contributed by atoms with Crippen molar-refractivity contribution in [1.82, 2.24) is 4.90 Å². The molecule has 0 saturated carbocycles. The molecule has 0 bridgehead atoms. The fourth-order valence-electron chi connectivity index (χ4n) is 3.60. The third-order valence-corrected chi connectivity index (χ3v) is 5.55. The quantitative estimate of drug-likeness (QED) is 0.705. The van der Waals surface area contributed by atoms with Gasteiger partial charge in [-0.1, -0.05) is 42.3 Å². The number of rotatable bonds is 4. The van der Waals surface area contributed by atoms with Gasteiger partial charge in [0.05, 0.1) is 0 Å². The zero-order chi connectivity index (χ0) is 17.3. The Balaban J connectivity index is 1.73. The summed E-state index contributed by atoms with van der Waals surface area (Å²) in [5.74, 6) is 1.44. The number of ether oxygens (including phenoxy) is 1. The molecular weight excluding hydrogens is 341 g/mol. The third-order valence-electron chi connectivity index (χ3n) is 4.96. The van der Waals surface area contributed by atoms with Gasteiger partial charge in [0, 0.05) is 21.7 Å². The van der Waals surface area contributed by atoms with Crippen molar-refractivity contribution < 1.29 is 4.74 Å². The van der Waals surface area contributed by atoms with Gasteiger partial charge in [-0.3, -0.25) is 0 Å². The minimum Gasteiger partial charge on any atom is -0.489 e. The largest absolute Gasteiger partial charge is 0.489 e. The second-order valence-electron chi connectivity index (χ2n) is 6.74. The van der Waals surface area contributed by atoms with Gasteiger partial charge in [0.2, 0.25) is 0 Å². The molecule has 1 aliphatic carbocycles. The molecule has 0 aromatic heterocycles. The molecule has 0 heterocycles. The highest BCUT2D eigenvalue weighted by molar-refractivity contribution is 6.35. The van der Waals surface area contributed by atoms with Gasteiger partial charge in [-0.15, -0.1) is 0 Å². The summed E-state index contributed by atoms with van der Waals surface area (Å²) in [5, 5.41) is 1.28. The Morgan fingerprint density at radius 2 is 1.92 bits per heavy atom. The number of fused-ring (bicyclic) bond motifs is 1. The van der Waals surface area contributed by atoms with Crippen LogP contribution in [0.2, 0.25) is 10.0 Å². The van der Waals surface area contributed by atoms with Gasteiger partial charge < -0.3 is 9.64 Å². The molecule has 0 saturated heterocycles. The molecule has 2 atom stereocenters.